The molecule has 3 aromatic carbocycles. The number of carbonyl (C=O) groups excluding carboxylic acids is 1. The number of piperazine rings is 1. The Morgan fingerprint density at radius 2 is 1.60 bits per heavy atom. The maximum Gasteiger partial charge on any atom is 0.260 e. The fourth-order valence-electron chi connectivity index (χ4n) is 4.07. The van der Waals surface area contributed by atoms with Crippen LogP contribution in [0.15, 0.2) is 66.7 Å². The molecule has 1 aliphatic rings. The molecule has 2 heterocycles. The molecule has 4 aromatic rings. The van der Waals surface area contributed by atoms with Crippen molar-refractivity contribution in [2.45, 2.75) is 0 Å². The van der Waals surface area contributed by atoms with Crippen LogP contribution in [0.5, 0.6) is 5.75 Å². The number of rotatable bonds is 5. The number of ether oxygens (including phenoxy) is 1. The highest BCUT2D eigenvalue weighted by molar-refractivity contribution is 6.37. The largest absolute Gasteiger partial charge is 0.481 e. The van der Waals surface area contributed by atoms with Gasteiger partial charge in [0.05, 0.1) is 15.7 Å². The topological polar surface area (TPSA) is 58.6 Å². The predicted molar refractivity (Wildman–Crippen MR) is 136 cm³/mol. The molecule has 9 heteroatoms. The Kier molecular flexibility index (Phi) is 6.70. The number of aromatic nitrogens is 2. The first-order chi connectivity index (χ1) is 17.0. The summed E-state index contributed by atoms with van der Waals surface area (Å²) in [4.78, 5) is 16.4. The maximum atomic E-state index is 13.3. The van der Waals surface area contributed by atoms with E-state index in [1.54, 1.807) is 4.90 Å². The summed E-state index contributed by atoms with van der Waals surface area (Å²) in [5, 5.41) is 11.2. The van der Waals surface area contributed by atoms with Crippen molar-refractivity contribution >= 4 is 45.7 Å². The zero-order valence-electron chi connectivity index (χ0n) is 18.6. The van der Waals surface area contributed by atoms with Crippen molar-refractivity contribution in [2.75, 3.05) is 37.7 Å². The minimum Gasteiger partial charge on any atom is -0.481 e. The summed E-state index contributed by atoms with van der Waals surface area (Å²) < 4.78 is 18.8. The van der Waals surface area contributed by atoms with E-state index in [1.165, 1.54) is 5.39 Å². The normalized spacial score (nSPS) is 13.8. The Balaban J connectivity index is 1.17. The molecule has 0 N–H and O–H groups in total. The van der Waals surface area contributed by atoms with Gasteiger partial charge < -0.3 is 14.5 Å². The van der Waals surface area contributed by atoms with Crippen LogP contribution in [0.4, 0.5) is 10.2 Å². The monoisotopic (exact) mass is 510 g/mol. The standard InChI is InChI=1S/C26H21Cl2FN4O2/c27-21-14-20(29)15-22(28)26(21)35-16-25(34)33-11-9-32(10-12-33)24-8-7-23(30-31-24)19-6-5-17-3-1-2-4-18(17)13-19/h1-8,13-15H,9-12,16H2. The quantitative estimate of drug-likeness (QED) is 0.356. The van der Waals surface area contributed by atoms with Gasteiger partial charge in [-0.3, -0.25) is 4.79 Å². The average molecular weight is 511 g/mol. The third-order valence-corrected chi connectivity index (χ3v) is 6.52. The minimum absolute atomic E-state index is 0.0262. The van der Waals surface area contributed by atoms with E-state index in [1.807, 2.05) is 30.3 Å². The summed E-state index contributed by atoms with van der Waals surface area (Å²) >= 11 is 11.9. The number of amides is 1. The van der Waals surface area contributed by atoms with Crippen LogP contribution in [0.1, 0.15) is 0 Å². The predicted octanol–water partition coefficient (Wildman–Crippen LogP) is 5.47. The second kappa shape index (κ2) is 10.1. The van der Waals surface area contributed by atoms with Crippen molar-refractivity contribution in [1.29, 1.82) is 0 Å². The second-order valence-electron chi connectivity index (χ2n) is 8.19. The van der Waals surface area contributed by atoms with Crippen LogP contribution in [-0.2, 0) is 4.79 Å². The van der Waals surface area contributed by atoms with Crippen LogP contribution in [0.3, 0.4) is 0 Å². The fraction of sp³-hybridized carbons (Fsp3) is 0.192. The number of halogens is 3. The summed E-state index contributed by atoms with van der Waals surface area (Å²) in [5.74, 6) is 0.105. The molecule has 178 valence electrons. The Labute approximate surface area is 211 Å². The summed E-state index contributed by atoms with van der Waals surface area (Å²) in [6, 6.07) is 20.5. The SMILES string of the molecule is O=C(COc1c(Cl)cc(F)cc1Cl)N1CCN(c2ccc(-c3ccc4ccccc4c3)nn2)CC1. The van der Waals surface area contributed by atoms with Gasteiger partial charge in [0.1, 0.15) is 5.82 Å². The molecule has 0 aliphatic carbocycles. The first-order valence-electron chi connectivity index (χ1n) is 11.1. The Morgan fingerprint density at radius 1 is 0.886 bits per heavy atom. The van der Waals surface area contributed by atoms with Gasteiger partial charge in [0.2, 0.25) is 0 Å². The molecule has 0 saturated carbocycles. The third-order valence-electron chi connectivity index (χ3n) is 5.96. The van der Waals surface area contributed by atoms with Gasteiger partial charge in [-0.15, -0.1) is 10.2 Å². The van der Waals surface area contributed by atoms with Gasteiger partial charge in [0, 0.05) is 31.7 Å². The summed E-state index contributed by atoms with van der Waals surface area (Å²) in [7, 11) is 0. The molecule has 1 aromatic heterocycles. The lowest BCUT2D eigenvalue weighted by Crippen LogP contribution is -2.50. The molecule has 0 unspecified atom stereocenters. The number of hydrogen-bond donors (Lipinski definition) is 0. The van der Waals surface area contributed by atoms with Gasteiger partial charge >= 0.3 is 0 Å². The smallest absolute Gasteiger partial charge is 0.260 e. The molecule has 0 radical (unpaired) electrons. The lowest BCUT2D eigenvalue weighted by molar-refractivity contribution is -0.133. The van der Waals surface area contributed by atoms with Crippen molar-refractivity contribution in [3.8, 4) is 17.0 Å². The van der Waals surface area contributed by atoms with Gasteiger partial charge in [-0.2, -0.15) is 0 Å². The van der Waals surface area contributed by atoms with Crippen LogP contribution in [0.25, 0.3) is 22.0 Å². The van der Waals surface area contributed by atoms with E-state index in [-0.39, 0.29) is 28.3 Å². The summed E-state index contributed by atoms with van der Waals surface area (Å²) in [6.45, 7) is 2.04. The Hall–Kier alpha value is -3.42. The number of nitrogens with zero attached hydrogens (tertiary/aromatic N) is 4. The molecular formula is C26H21Cl2FN4O2. The molecule has 1 saturated heterocycles. The molecule has 5 rings (SSSR count). The highest BCUT2D eigenvalue weighted by Gasteiger charge is 2.23. The van der Waals surface area contributed by atoms with E-state index in [0.29, 0.717) is 26.2 Å². The van der Waals surface area contributed by atoms with Gasteiger partial charge in [-0.1, -0.05) is 59.6 Å². The van der Waals surface area contributed by atoms with Crippen LogP contribution in [0, 0.1) is 5.82 Å². The molecule has 35 heavy (non-hydrogen) atoms. The van der Waals surface area contributed by atoms with Crippen molar-refractivity contribution < 1.29 is 13.9 Å². The molecule has 1 fully saturated rings. The van der Waals surface area contributed by atoms with E-state index >= 15 is 0 Å². The molecule has 1 amide bonds. The van der Waals surface area contributed by atoms with Crippen LogP contribution >= 0.6 is 23.2 Å². The fourth-order valence-corrected chi connectivity index (χ4v) is 4.64. The molecule has 0 spiro atoms. The average Bonchev–Trinajstić information content (AvgIpc) is 2.88. The number of fused-ring (bicyclic) bond motifs is 1. The Bertz CT molecular complexity index is 1350. The lowest BCUT2D eigenvalue weighted by Gasteiger charge is -2.35. The summed E-state index contributed by atoms with van der Waals surface area (Å²) in [5.41, 5.74) is 1.82. The number of benzene rings is 3. The molecule has 0 atom stereocenters. The van der Waals surface area contributed by atoms with Gasteiger partial charge in [-0.25, -0.2) is 4.39 Å². The van der Waals surface area contributed by atoms with Gasteiger partial charge in [0.25, 0.3) is 5.91 Å². The zero-order chi connectivity index (χ0) is 24.4. The molecule has 1 aliphatic heterocycles. The van der Waals surface area contributed by atoms with Crippen LogP contribution in [-0.4, -0.2) is 53.8 Å². The van der Waals surface area contributed by atoms with E-state index in [0.717, 1.165) is 34.6 Å². The first-order valence-corrected chi connectivity index (χ1v) is 11.9. The maximum absolute atomic E-state index is 13.3. The van der Waals surface area contributed by atoms with Crippen molar-refractivity contribution in [3.63, 3.8) is 0 Å². The van der Waals surface area contributed by atoms with E-state index in [9.17, 15) is 9.18 Å². The number of carbonyl (C=O) groups is 1. The van der Waals surface area contributed by atoms with E-state index in [4.69, 9.17) is 27.9 Å². The van der Waals surface area contributed by atoms with Gasteiger partial charge in [-0.05, 0) is 41.1 Å². The van der Waals surface area contributed by atoms with E-state index in [2.05, 4.69) is 39.4 Å². The Morgan fingerprint density at radius 3 is 2.29 bits per heavy atom. The first kappa shape index (κ1) is 23.3. The van der Waals surface area contributed by atoms with Crippen LogP contribution < -0.4 is 9.64 Å². The number of anilines is 1. The lowest BCUT2D eigenvalue weighted by atomic mass is 10.1. The molecule has 0 bridgehead atoms. The second-order valence-corrected chi connectivity index (χ2v) is 9.01. The minimum atomic E-state index is -0.566. The highest BCUT2D eigenvalue weighted by Crippen LogP contribution is 2.33. The van der Waals surface area contributed by atoms with Crippen molar-refractivity contribution in [3.05, 3.63) is 82.6 Å². The van der Waals surface area contributed by atoms with Crippen LogP contribution in [0.2, 0.25) is 10.0 Å². The van der Waals surface area contributed by atoms with E-state index < -0.39 is 5.82 Å². The number of hydrogen-bond acceptors (Lipinski definition) is 5. The summed E-state index contributed by atoms with van der Waals surface area (Å²) in [6.07, 6.45) is 0. The van der Waals surface area contributed by atoms with Crippen molar-refractivity contribution in [1.82, 2.24) is 15.1 Å². The zero-order valence-corrected chi connectivity index (χ0v) is 20.1. The molecule has 6 nitrogen and oxygen atoms in total. The highest BCUT2D eigenvalue weighted by atomic mass is 35.5. The third kappa shape index (κ3) is 5.16. The van der Waals surface area contributed by atoms with Crippen molar-refractivity contribution in [2.24, 2.45) is 0 Å². The molecular weight excluding hydrogens is 490 g/mol. The van der Waals surface area contributed by atoms with Gasteiger partial charge in [0.15, 0.2) is 18.2 Å².